The Morgan fingerprint density at radius 1 is 1.39 bits per heavy atom. The zero-order chi connectivity index (χ0) is 12.8. The molecule has 18 heavy (non-hydrogen) atoms. The molecular weight excluding hydrogens is 228 g/mol. The monoisotopic (exact) mass is 250 g/mol. The molecule has 4 nitrogen and oxygen atoms in total. The summed E-state index contributed by atoms with van der Waals surface area (Å²) in [5, 5.41) is 0. The maximum absolute atomic E-state index is 6.21. The van der Waals surface area contributed by atoms with Crippen LogP contribution in [0.2, 0.25) is 0 Å². The fraction of sp³-hybridized carbons (Fsp3) is 0.571. The van der Waals surface area contributed by atoms with E-state index >= 15 is 0 Å². The van der Waals surface area contributed by atoms with Crippen molar-refractivity contribution in [2.24, 2.45) is 5.73 Å². The third kappa shape index (κ3) is 3.78. The van der Waals surface area contributed by atoms with Crippen LogP contribution >= 0.6 is 0 Å². The lowest BCUT2D eigenvalue weighted by Gasteiger charge is -2.21. The quantitative estimate of drug-likeness (QED) is 0.775. The number of ether oxygens (including phenoxy) is 2. The lowest BCUT2D eigenvalue weighted by Crippen LogP contribution is -2.31. The highest BCUT2D eigenvalue weighted by Gasteiger charge is 2.24. The van der Waals surface area contributed by atoms with E-state index in [1.807, 2.05) is 18.2 Å². The Balaban J connectivity index is 1.77. The fourth-order valence-electron chi connectivity index (χ4n) is 2.35. The first kappa shape index (κ1) is 13.5. The zero-order valence-corrected chi connectivity index (χ0v) is 10.9. The van der Waals surface area contributed by atoms with Crippen LogP contribution in [0, 0.1) is 0 Å². The van der Waals surface area contributed by atoms with Crippen molar-refractivity contribution in [3.63, 3.8) is 0 Å². The van der Waals surface area contributed by atoms with E-state index in [1.54, 1.807) is 7.11 Å². The van der Waals surface area contributed by atoms with Crippen molar-refractivity contribution in [1.29, 1.82) is 0 Å². The van der Waals surface area contributed by atoms with Gasteiger partial charge in [0, 0.05) is 32.8 Å². The van der Waals surface area contributed by atoms with Gasteiger partial charge in [0.1, 0.15) is 6.79 Å². The summed E-state index contributed by atoms with van der Waals surface area (Å²) in [6.07, 6.45) is 1.35. The molecule has 1 unspecified atom stereocenters. The molecule has 0 saturated carbocycles. The van der Waals surface area contributed by atoms with Crippen molar-refractivity contribution in [3.8, 4) is 0 Å². The second-order valence-corrected chi connectivity index (χ2v) is 4.76. The van der Waals surface area contributed by atoms with E-state index < -0.39 is 0 Å². The number of nitrogens with zero attached hydrogens (tertiary/aromatic N) is 1. The highest BCUT2D eigenvalue weighted by Crippen LogP contribution is 2.17. The summed E-state index contributed by atoms with van der Waals surface area (Å²) in [6, 6.07) is 10.3. The van der Waals surface area contributed by atoms with Crippen LogP contribution in [0.15, 0.2) is 30.3 Å². The average Bonchev–Trinajstić information content (AvgIpc) is 2.85. The van der Waals surface area contributed by atoms with Crippen LogP contribution in [0.3, 0.4) is 0 Å². The number of hydrogen-bond donors (Lipinski definition) is 1. The topological polar surface area (TPSA) is 47.7 Å². The molecule has 2 atom stereocenters. The van der Waals surface area contributed by atoms with E-state index in [0.29, 0.717) is 6.79 Å². The summed E-state index contributed by atoms with van der Waals surface area (Å²) in [5.41, 5.74) is 7.41. The highest BCUT2D eigenvalue weighted by atomic mass is 16.7. The lowest BCUT2D eigenvalue weighted by molar-refractivity contribution is -0.0671. The van der Waals surface area contributed by atoms with Crippen LogP contribution in [-0.4, -0.2) is 44.5 Å². The number of nitrogens with two attached hydrogens (primary N) is 1. The van der Waals surface area contributed by atoms with Crippen LogP contribution in [0.5, 0.6) is 0 Å². The van der Waals surface area contributed by atoms with E-state index in [1.165, 1.54) is 5.56 Å². The van der Waals surface area contributed by atoms with Crippen LogP contribution in [0.1, 0.15) is 18.0 Å². The van der Waals surface area contributed by atoms with Crippen LogP contribution in [0.4, 0.5) is 0 Å². The summed E-state index contributed by atoms with van der Waals surface area (Å²) in [5.74, 6) is 0. The van der Waals surface area contributed by atoms with Gasteiger partial charge in [-0.2, -0.15) is 0 Å². The van der Waals surface area contributed by atoms with Crippen molar-refractivity contribution in [2.75, 3.05) is 33.5 Å². The minimum absolute atomic E-state index is 0.0763. The minimum atomic E-state index is 0.0763. The number of benzene rings is 1. The van der Waals surface area contributed by atoms with Gasteiger partial charge in [0.05, 0.1) is 6.10 Å². The molecule has 0 aliphatic carbocycles. The van der Waals surface area contributed by atoms with Crippen molar-refractivity contribution < 1.29 is 9.47 Å². The number of methoxy groups -OCH3 is 1. The van der Waals surface area contributed by atoms with Gasteiger partial charge >= 0.3 is 0 Å². The predicted molar refractivity (Wildman–Crippen MR) is 71.2 cm³/mol. The minimum Gasteiger partial charge on any atom is -0.359 e. The first-order valence-corrected chi connectivity index (χ1v) is 6.43. The van der Waals surface area contributed by atoms with E-state index in [0.717, 1.165) is 26.1 Å². The van der Waals surface area contributed by atoms with Gasteiger partial charge in [-0.3, -0.25) is 4.90 Å². The summed E-state index contributed by atoms with van der Waals surface area (Å²) in [7, 11) is 1.65. The Kier molecular flexibility index (Phi) is 5.13. The Hall–Kier alpha value is -0.940. The SMILES string of the molecule is COCO[C@H]1CCN(CC(N)c2ccccc2)C1. The standard InChI is InChI=1S/C14H22N2O2/c1-17-11-18-13-7-8-16(9-13)10-14(15)12-5-3-2-4-6-12/h2-6,13-14H,7-11,15H2,1H3/t13-,14?/m0/s1. The number of likely N-dealkylation sites (tertiary alicyclic amines) is 1. The van der Waals surface area contributed by atoms with E-state index in [9.17, 15) is 0 Å². The molecule has 2 N–H and O–H groups in total. The first-order chi connectivity index (χ1) is 8.79. The van der Waals surface area contributed by atoms with Gasteiger partial charge in [-0.1, -0.05) is 30.3 Å². The average molecular weight is 250 g/mol. The molecule has 1 heterocycles. The summed E-state index contributed by atoms with van der Waals surface area (Å²) in [6.45, 7) is 3.26. The molecule has 4 heteroatoms. The van der Waals surface area contributed by atoms with E-state index in [4.69, 9.17) is 15.2 Å². The molecule has 100 valence electrons. The van der Waals surface area contributed by atoms with Gasteiger partial charge in [-0.15, -0.1) is 0 Å². The van der Waals surface area contributed by atoms with Crippen LogP contribution < -0.4 is 5.73 Å². The fourth-order valence-corrected chi connectivity index (χ4v) is 2.35. The van der Waals surface area contributed by atoms with Gasteiger partial charge in [0.15, 0.2) is 0 Å². The van der Waals surface area contributed by atoms with Crippen molar-refractivity contribution >= 4 is 0 Å². The van der Waals surface area contributed by atoms with Gasteiger partial charge in [-0.05, 0) is 12.0 Å². The molecule has 1 fully saturated rings. The van der Waals surface area contributed by atoms with E-state index in [-0.39, 0.29) is 12.1 Å². The van der Waals surface area contributed by atoms with Gasteiger partial charge < -0.3 is 15.2 Å². The molecular formula is C14H22N2O2. The van der Waals surface area contributed by atoms with E-state index in [2.05, 4.69) is 17.0 Å². The molecule has 1 aromatic carbocycles. The number of hydrogen-bond acceptors (Lipinski definition) is 4. The van der Waals surface area contributed by atoms with Crippen LogP contribution in [-0.2, 0) is 9.47 Å². The summed E-state index contributed by atoms with van der Waals surface area (Å²) in [4.78, 5) is 2.36. The summed E-state index contributed by atoms with van der Waals surface area (Å²) >= 11 is 0. The smallest absolute Gasteiger partial charge is 0.146 e. The molecule has 1 aliphatic heterocycles. The first-order valence-electron chi connectivity index (χ1n) is 6.43. The van der Waals surface area contributed by atoms with Gasteiger partial charge in [0.2, 0.25) is 0 Å². The van der Waals surface area contributed by atoms with Crippen LogP contribution in [0.25, 0.3) is 0 Å². The molecule has 1 aromatic rings. The van der Waals surface area contributed by atoms with Crippen molar-refractivity contribution in [3.05, 3.63) is 35.9 Å². The molecule has 0 bridgehead atoms. The number of rotatable bonds is 6. The zero-order valence-electron chi connectivity index (χ0n) is 10.9. The molecule has 1 aliphatic rings. The maximum atomic E-state index is 6.21. The molecule has 1 saturated heterocycles. The molecule has 0 aromatic heterocycles. The Labute approximate surface area is 109 Å². The molecule has 0 radical (unpaired) electrons. The molecule has 2 rings (SSSR count). The molecule has 0 amide bonds. The second kappa shape index (κ2) is 6.85. The lowest BCUT2D eigenvalue weighted by atomic mass is 10.1. The summed E-state index contributed by atoms with van der Waals surface area (Å²) < 4.78 is 10.5. The normalized spacial score (nSPS) is 22.2. The van der Waals surface area contributed by atoms with Crippen molar-refractivity contribution in [1.82, 2.24) is 4.90 Å². The van der Waals surface area contributed by atoms with Gasteiger partial charge in [0.25, 0.3) is 0 Å². The Morgan fingerprint density at radius 3 is 2.89 bits per heavy atom. The Morgan fingerprint density at radius 2 is 2.17 bits per heavy atom. The molecule has 0 spiro atoms. The maximum Gasteiger partial charge on any atom is 0.146 e. The Bertz CT molecular complexity index is 345. The third-order valence-corrected chi connectivity index (χ3v) is 3.33. The van der Waals surface area contributed by atoms with Crippen molar-refractivity contribution in [2.45, 2.75) is 18.6 Å². The largest absolute Gasteiger partial charge is 0.359 e. The highest BCUT2D eigenvalue weighted by molar-refractivity contribution is 5.18. The second-order valence-electron chi connectivity index (χ2n) is 4.76. The predicted octanol–water partition coefficient (Wildman–Crippen LogP) is 1.38. The third-order valence-electron chi connectivity index (χ3n) is 3.33. The van der Waals surface area contributed by atoms with Gasteiger partial charge in [-0.25, -0.2) is 0 Å².